The van der Waals surface area contributed by atoms with Gasteiger partial charge in [0.1, 0.15) is 0 Å². The molecule has 0 bridgehead atoms. The third-order valence-corrected chi connectivity index (χ3v) is 4.89. The fourth-order valence-electron chi connectivity index (χ4n) is 3.34. The van der Waals surface area contributed by atoms with Crippen molar-refractivity contribution in [1.82, 2.24) is 5.32 Å². The molecular weight excluding hydrogens is 308 g/mol. The van der Waals surface area contributed by atoms with Crippen molar-refractivity contribution in [1.29, 1.82) is 0 Å². The lowest BCUT2D eigenvalue weighted by atomic mass is 9.81. The van der Waals surface area contributed by atoms with Crippen LogP contribution in [0, 0.1) is 0 Å². The second-order valence-electron chi connectivity index (χ2n) is 7.48. The normalized spacial score (nSPS) is 17.7. The maximum atomic E-state index is 12.3. The van der Waals surface area contributed by atoms with Gasteiger partial charge in [0.15, 0.2) is 0 Å². The van der Waals surface area contributed by atoms with Gasteiger partial charge in [-0.05, 0) is 23.8 Å². The van der Waals surface area contributed by atoms with E-state index in [1.165, 1.54) is 31.2 Å². The molecule has 0 radical (unpaired) electrons. The molecule has 130 valence electrons. The molecule has 4 heteroatoms. The molecular formula is C19H31ClN2O. The van der Waals surface area contributed by atoms with Crippen molar-refractivity contribution >= 4 is 18.3 Å². The monoisotopic (exact) mass is 338 g/mol. The molecule has 1 saturated carbocycles. The Labute approximate surface area is 146 Å². The molecule has 1 amide bonds. The fraction of sp³-hybridized carbons (Fsp3) is 0.632. The summed E-state index contributed by atoms with van der Waals surface area (Å²) < 4.78 is 0. The van der Waals surface area contributed by atoms with Crippen molar-refractivity contribution in [3.63, 3.8) is 0 Å². The molecule has 1 aromatic carbocycles. The Hall–Kier alpha value is -1.06. The number of nitrogens with one attached hydrogen (secondary N) is 1. The Morgan fingerprint density at radius 2 is 1.70 bits per heavy atom. The highest BCUT2D eigenvalue weighted by molar-refractivity contribution is 5.85. The van der Waals surface area contributed by atoms with E-state index >= 15 is 0 Å². The molecule has 0 saturated heterocycles. The van der Waals surface area contributed by atoms with Crippen molar-refractivity contribution in [3.8, 4) is 0 Å². The summed E-state index contributed by atoms with van der Waals surface area (Å²) in [5.74, 6) is 0.0999. The molecule has 2 rings (SSSR count). The van der Waals surface area contributed by atoms with Crippen LogP contribution in [0.15, 0.2) is 30.3 Å². The molecule has 23 heavy (non-hydrogen) atoms. The Kier molecular flexibility index (Phi) is 7.56. The van der Waals surface area contributed by atoms with Gasteiger partial charge < -0.3 is 11.1 Å². The summed E-state index contributed by atoms with van der Waals surface area (Å²) in [5, 5.41) is 3.08. The lowest BCUT2D eigenvalue weighted by Crippen LogP contribution is -2.50. The second kappa shape index (κ2) is 8.70. The van der Waals surface area contributed by atoms with Gasteiger partial charge in [0.25, 0.3) is 0 Å². The van der Waals surface area contributed by atoms with Gasteiger partial charge in [-0.2, -0.15) is 0 Å². The van der Waals surface area contributed by atoms with Crippen molar-refractivity contribution in [2.45, 2.75) is 69.7 Å². The first kappa shape index (κ1) is 20.0. The standard InChI is InChI=1S/C19H30N2O.ClH/c1-18(2,16-10-6-5-7-11-16)14-17(22)21-15-19(20)12-8-3-4-9-13-19;/h5-7,10-11H,3-4,8-9,12-15,20H2,1-2H3,(H,21,22);1H. The van der Waals surface area contributed by atoms with Gasteiger partial charge in [-0.3, -0.25) is 4.79 Å². The van der Waals surface area contributed by atoms with Crippen LogP contribution in [-0.4, -0.2) is 18.0 Å². The van der Waals surface area contributed by atoms with Crippen molar-refractivity contribution < 1.29 is 4.79 Å². The van der Waals surface area contributed by atoms with E-state index in [0.717, 1.165) is 12.8 Å². The molecule has 3 nitrogen and oxygen atoms in total. The Morgan fingerprint density at radius 1 is 1.13 bits per heavy atom. The fourth-order valence-corrected chi connectivity index (χ4v) is 3.34. The molecule has 3 N–H and O–H groups in total. The van der Waals surface area contributed by atoms with E-state index in [9.17, 15) is 4.79 Å². The smallest absolute Gasteiger partial charge is 0.220 e. The van der Waals surface area contributed by atoms with E-state index in [0.29, 0.717) is 13.0 Å². The second-order valence-corrected chi connectivity index (χ2v) is 7.48. The first-order valence-electron chi connectivity index (χ1n) is 8.52. The number of carbonyl (C=O) groups is 1. The SMILES string of the molecule is CC(C)(CC(=O)NCC1(N)CCCCCC1)c1ccccc1.Cl. The lowest BCUT2D eigenvalue weighted by molar-refractivity contribution is -0.122. The highest BCUT2D eigenvalue weighted by Crippen LogP contribution is 2.27. The molecule has 0 aromatic heterocycles. The molecule has 0 aliphatic heterocycles. The predicted octanol–water partition coefficient (Wildman–Crippen LogP) is 3.94. The molecule has 1 fully saturated rings. The third-order valence-electron chi connectivity index (χ3n) is 4.89. The summed E-state index contributed by atoms with van der Waals surface area (Å²) in [7, 11) is 0. The van der Waals surface area contributed by atoms with E-state index < -0.39 is 0 Å². The van der Waals surface area contributed by atoms with Crippen LogP contribution in [0.2, 0.25) is 0 Å². The van der Waals surface area contributed by atoms with Gasteiger partial charge in [0, 0.05) is 18.5 Å². The maximum Gasteiger partial charge on any atom is 0.220 e. The minimum atomic E-state index is -0.205. The number of hydrogen-bond donors (Lipinski definition) is 2. The van der Waals surface area contributed by atoms with Gasteiger partial charge in [-0.25, -0.2) is 0 Å². The van der Waals surface area contributed by atoms with E-state index in [-0.39, 0.29) is 29.3 Å². The number of rotatable bonds is 5. The van der Waals surface area contributed by atoms with Crippen LogP contribution >= 0.6 is 12.4 Å². The molecule has 0 atom stereocenters. The summed E-state index contributed by atoms with van der Waals surface area (Å²) in [6, 6.07) is 10.2. The number of hydrogen-bond acceptors (Lipinski definition) is 2. The zero-order valence-corrected chi connectivity index (χ0v) is 15.3. The zero-order chi connectivity index (χ0) is 16.1. The van der Waals surface area contributed by atoms with Gasteiger partial charge in [-0.1, -0.05) is 69.9 Å². The number of nitrogens with two attached hydrogens (primary N) is 1. The lowest BCUT2D eigenvalue weighted by Gasteiger charge is -2.30. The summed E-state index contributed by atoms with van der Waals surface area (Å²) >= 11 is 0. The Balaban J connectivity index is 0.00000264. The van der Waals surface area contributed by atoms with Crippen molar-refractivity contribution in [2.24, 2.45) is 5.73 Å². The molecule has 1 aliphatic rings. The van der Waals surface area contributed by atoms with Crippen LogP contribution in [0.3, 0.4) is 0 Å². The van der Waals surface area contributed by atoms with Crippen LogP contribution in [0.4, 0.5) is 0 Å². The minimum absolute atomic E-state index is 0. The molecule has 0 spiro atoms. The van der Waals surface area contributed by atoms with Gasteiger partial charge in [-0.15, -0.1) is 12.4 Å². The first-order valence-corrected chi connectivity index (χ1v) is 8.52. The highest BCUT2D eigenvalue weighted by atomic mass is 35.5. The van der Waals surface area contributed by atoms with E-state index in [1.807, 2.05) is 18.2 Å². The highest BCUT2D eigenvalue weighted by Gasteiger charge is 2.28. The quantitative estimate of drug-likeness (QED) is 0.799. The molecule has 1 aromatic rings. The Morgan fingerprint density at radius 3 is 2.26 bits per heavy atom. The Bertz CT molecular complexity index is 479. The van der Waals surface area contributed by atoms with E-state index in [4.69, 9.17) is 5.73 Å². The average molecular weight is 339 g/mol. The molecule has 1 aliphatic carbocycles. The average Bonchev–Trinajstić information content (AvgIpc) is 2.71. The first-order chi connectivity index (χ1) is 10.4. The topological polar surface area (TPSA) is 55.1 Å². The van der Waals surface area contributed by atoms with Crippen LogP contribution < -0.4 is 11.1 Å². The minimum Gasteiger partial charge on any atom is -0.354 e. The summed E-state index contributed by atoms with van der Waals surface area (Å²) in [5.41, 5.74) is 7.30. The van der Waals surface area contributed by atoms with E-state index in [2.05, 4.69) is 31.3 Å². The van der Waals surface area contributed by atoms with Crippen LogP contribution in [0.1, 0.15) is 64.4 Å². The largest absolute Gasteiger partial charge is 0.354 e. The summed E-state index contributed by atoms with van der Waals surface area (Å²) in [6.45, 7) is 4.84. The summed E-state index contributed by atoms with van der Waals surface area (Å²) in [6.07, 6.45) is 7.45. The zero-order valence-electron chi connectivity index (χ0n) is 14.4. The number of carbonyl (C=O) groups excluding carboxylic acids is 1. The number of halogens is 1. The van der Waals surface area contributed by atoms with Gasteiger partial charge >= 0.3 is 0 Å². The predicted molar refractivity (Wildman–Crippen MR) is 99.0 cm³/mol. The molecule has 0 unspecified atom stereocenters. The van der Waals surface area contributed by atoms with Crippen LogP contribution in [0.5, 0.6) is 0 Å². The number of benzene rings is 1. The third kappa shape index (κ3) is 6.15. The van der Waals surface area contributed by atoms with Crippen molar-refractivity contribution in [3.05, 3.63) is 35.9 Å². The summed E-state index contributed by atoms with van der Waals surface area (Å²) in [4.78, 5) is 12.3. The van der Waals surface area contributed by atoms with Gasteiger partial charge in [0.2, 0.25) is 5.91 Å². The number of amides is 1. The van der Waals surface area contributed by atoms with Crippen LogP contribution in [-0.2, 0) is 10.2 Å². The maximum absolute atomic E-state index is 12.3. The molecule has 0 heterocycles. The van der Waals surface area contributed by atoms with Gasteiger partial charge in [0.05, 0.1) is 0 Å². The van der Waals surface area contributed by atoms with E-state index in [1.54, 1.807) is 0 Å². The van der Waals surface area contributed by atoms with Crippen molar-refractivity contribution in [2.75, 3.05) is 6.54 Å². The van der Waals surface area contributed by atoms with Crippen LogP contribution in [0.25, 0.3) is 0 Å².